The highest BCUT2D eigenvalue weighted by atomic mass is 16.5. The quantitative estimate of drug-likeness (QED) is 0.201. The van der Waals surface area contributed by atoms with Gasteiger partial charge in [-0.3, -0.25) is 9.97 Å². The fourth-order valence-electron chi connectivity index (χ4n) is 7.58. The largest absolute Gasteiger partial charge is 0.457 e. The molecule has 0 N–H and O–H groups in total. The first-order chi connectivity index (χ1) is 23.1. The van der Waals surface area contributed by atoms with Gasteiger partial charge in [-0.25, -0.2) is 0 Å². The smallest absolute Gasteiger partial charge is 0.132 e. The molecule has 47 heavy (non-hydrogen) atoms. The van der Waals surface area contributed by atoms with Gasteiger partial charge in [0.05, 0.1) is 16.8 Å². The van der Waals surface area contributed by atoms with Crippen LogP contribution in [0.1, 0.15) is 33.4 Å². The monoisotopic (exact) mass is 605 g/mol. The Morgan fingerprint density at radius 2 is 0.936 bits per heavy atom. The van der Waals surface area contributed by atoms with Crippen LogP contribution in [0.15, 0.2) is 152 Å². The molecule has 0 radical (unpaired) electrons. The lowest BCUT2D eigenvalue weighted by atomic mass is 9.61. The van der Waals surface area contributed by atoms with Crippen LogP contribution in [0.5, 0.6) is 11.5 Å². The summed E-state index contributed by atoms with van der Waals surface area (Å²) in [6.07, 6.45) is 7.42. The highest BCUT2D eigenvalue weighted by molar-refractivity contribution is 5.93. The van der Waals surface area contributed by atoms with Crippen LogP contribution in [-0.2, 0) is 5.41 Å². The molecular formula is C43H31N3O. The minimum absolute atomic E-state index is 0.582. The molecule has 2 aliphatic heterocycles. The van der Waals surface area contributed by atoms with Crippen LogP contribution in [0, 0.1) is 13.8 Å². The molecule has 4 heteroatoms. The van der Waals surface area contributed by atoms with Gasteiger partial charge in [0.15, 0.2) is 0 Å². The zero-order valence-corrected chi connectivity index (χ0v) is 26.2. The number of nitrogens with zero attached hydrogens (tertiary/aromatic N) is 3. The van der Waals surface area contributed by atoms with E-state index in [2.05, 4.69) is 156 Å². The van der Waals surface area contributed by atoms with E-state index in [4.69, 9.17) is 4.74 Å². The first-order valence-electron chi connectivity index (χ1n) is 16.0. The molecule has 0 saturated heterocycles. The Morgan fingerprint density at radius 3 is 1.43 bits per heavy atom. The molecule has 4 heterocycles. The standard InChI is InChI=1S/C43H31N3O/c1-28-11-13-39-37(23-28)43(35-7-3-5-9-41(35)47-42-10-6-4-8-36(42)43)38-24-29(2)12-14-40(38)46(39)34-26-32(30-15-19-44-20-16-30)25-33(27-34)31-17-21-45-22-18-31/h3-27H,1-2H3. The van der Waals surface area contributed by atoms with E-state index in [1.807, 2.05) is 24.8 Å². The molecule has 0 aliphatic carbocycles. The Bertz CT molecular complexity index is 2150. The second-order valence-electron chi connectivity index (χ2n) is 12.5. The minimum atomic E-state index is -0.582. The third kappa shape index (κ3) is 4.15. The number of benzene rings is 5. The average Bonchev–Trinajstić information content (AvgIpc) is 3.12. The first kappa shape index (κ1) is 27.3. The van der Waals surface area contributed by atoms with Crippen molar-refractivity contribution in [1.82, 2.24) is 9.97 Å². The van der Waals surface area contributed by atoms with E-state index in [1.165, 1.54) is 22.3 Å². The second kappa shape index (κ2) is 10.5. The van der Waals surface area contributed by atoms with Crippen LogP contribution >= 0.6 is 0 Å². The molecule has 224 valence electrons. The summed E-state index contributed by atoms with van der Waals surface area (Å²) in [7, 11) is 0. The molecule has 0 unspecified atom stereocenters. The molecule has 0 saturated carbocycles. The second-order valence-corrected chi connectivity index (χ2v) is 12.5. The van der Waals surface area contributed by atoms with E-state index in [0.717, 1.165) is 61.9 Å². The van der Waals surface area contributed by atoms with Gasteiger partial charge in [-0.05, 0) is 114 Å². The summed E-state index contributed by atoms with van der Waals surface area (Å²) >= 11 is 0. The van der Waals surface area contributed by atoms with Crippen molar-refractivity contribution in [2.75, 3.05) is 4.90 Å². The summed E-state index contributed by atoms with van der Waals surface area (Å²) in [5, 5.41) is 0. The van der Waals surface area contributed by atoms with Crippen molar-refractivity contribution in [3.05, 3.63) is 186 Å². The Morgan fingerprint density at radius 1 is 0.468 bits per heavy atom. The topological polar surface area (TPSA) is 38.2 Å². The number of ether oxygens (including phenoxy) is 1. The normalized spacial score (nSPS) is 13.6. The number of anilines is 3. The Hall–Kier alpha value is -6.00. The predicted octanol–water partition coefficient (Wildman–Crippen LogP) is 10.7. The van der Waals surface area contributed by atoms with Crippen molar-refractivity contribution in [3.63, 3.8) is 0 Å². The molecule has 0 amide bonds. The Kier molecular flexibility index (Phi) is 6.12. The number of aromatic nitrogens is 2. The molecule has 7 aromatic rings. The van der Waals surface area contributed by atoms with Crippen molar-refractivity contribution in [2.24, 2.45) is 0 Å². The fourth-order valence-corrected chi connectivity index (χ4v) is 7.58. The lowest BCUT2D eigenvalue weighted by Crippen LogP contribution is -2.39. The maximum atomic E-state index is 6.61. The number of aryl methyl sites for hydroxylation is 2. The van der Waals surface area contributed by atoms with Crippen molar-refractivity contribution in [2.45, 2.75) is 19.3 Å². The first-order valence-corrected chi connectivity index (χ1v) is 16.0. The SMILES string of the molecule is Cc1ccc2c(c1)C1(c3ccccc3Oc3ccccc31)c1cc(C)ccc1N2c1cc(-c2ccncc2)cc(-c2ccncc2)c1. The van der Waals surface area contributed by atoms with Gasteiger partial charge in [-0.2, -0.15) is 0 Å². The van der Waals surface area contributed by atoms with E-state index in [1.54, 1.807) is 0 Å². The zero-order valence-electron chi connectivity index (χ0n) is 26.2. The highest BCUT2D eigenvalue weighted by Crippen LogP contribution is 2.63. The van der Waals surface area contributed by atoms with Gasteiger partial charge in [0.25, 0.3) is 0 Å². The number of para-hydroxylation sites is 2. The molecule has 1 spiro atoms. The number of hydrogen-bond donors (Lipinski definition) is 0. The summed E-state index contributed by atoms with van der Waals surface area (Å²) in [6.45, 7) is 4.37. The number of rotatable bonds is 3. The Labute approximate surface area is 274 Å². The lowest BCUT2D eigenvalue weighted by Gasteiger charge is -2.49. The van der Waals surface area contributed by atoms with Crippen LogP contribution in [0.25, 0.3) is 22.3 Å². The van der Waals surface area contributed by atoms with E-state index < -0.39 is 5.41 Å². The van der Waals surface area contributed by atoms with E-state index in [0.29, 0.717) is 0 Å². The third-order valence-corrected chi connectivity index (χ3v) is 9.60. The molecule has 2 aromatic heterocycles. The predicted molar refractivity (Wildman–Crippen MR) is 189 cm³/mol. The van der Waals surface area contributed by atoms with Gasteiger partial charge in [0.1, 0.15) is 11.5 Å². The number of fused-ring (bicyclic) bond motifs is 8. The van der Waals surface area contributed by atoms with Crippen LogP contribution in [0.4, 0.5) is 17.1 Å². The van der Waals surface area contributed by atoms with E-state index in [-0.39, 0.29) is 0 Å². The molecular weight excluding hydrogens is 574 g/mol. The molecule has 9 rings (SSSR count). The molecule has 2 aliphatic rings. The average molecular weight is 606 g/mol. The van der Waals surface area contributed by atoms with E-state index >= 15 is 0 Å². The van der Waals surface area contributed by atoms with Crippen LogP contribution in [0.2, 0.25) is 0 Å². The van der Waals surface area contributed by atoms with Crippen molar-refractivity contribution >= 4 is 17.1 Å². The fraction of sp³-hybridized carbons (Fsp3) is 0.0698. The van der Waals surface area contributed by atoms with Gasteiger partial charge < -0.3 is 9.64 Å². The number of hydrogen-bond acceptors (Lipinski definition) is 4. The van der Waals surface area contributed by atoms with E-state index in [9.17, 15) is 0 Å². The van der Waals surface area contributed by atoms with Gasteiger partial charge in [-0.15, -0.1) is 0 Å². The van der Waals surface area contributed by atoms with Crippen molar-refractivity contribution in [3.8, 4) is 33.8 Å². The van der Waals surface area contributed by atoms with Gasteiger partial charge >= 0.3 is 0 Å². The van der Waals surface area contributed by atoms with Crippen molar-refractivity contribution < 1.29 is 4.74 Å². The van der Waals surface area contributed by atoms with Crippen LogP contribution in [-0.4, -0.2) is 9.97 Å². The van der Waals surface area contributed by atoms with Gasteiger partial charge in [0, 0.05) is 41.6 Å². The van der Waals surface area contributed by atoms with Gasteiger partial charge in [-0.1, -0.05) is 71.8 Å². The van der Waals surface area contributed by atoms with Gasteiger partial charge in [0.2, 0.25) is 0 Å². The summed E-state index contributed by atoms with van der Waals surface area (Å²) in [5.74, 6) is 1.78. The lowest BCUT2D eigenvalue weighted by molar-refractivity contribution is 0.434. The molecule has 0 fully saturated rings. The third-order valence-electron chi connectivity index (χ3n) is 9.60. The summed E-state index contributed by atoms with van der Waals surface area (Å²) in [5.41, 5.74) is 14.5. The zero-order chi connectivity index (χ0) is 31.5. The Balaban J connectivity index is 1.40. The summed E-state index contributed by atoms with van der Waals surface area (Å²) in [6, 6.07) is 46.0. The minimum Gasteiger partial charge on any atom is -0.457 e. The molecule has 0 atom stereocenters. The maximum Gasteiger partial charge on any atom is 0.132 e. The summed E-state index contributed by atoms with van der Waals surface area (Å²) in [4.78, 5) is 11.0. The highest BCUT2D eigenvalue weighted by Gasteiger charge is 2.51. The van der Waals surface area contributed by atoms with Crippen LogP contribution < -0.4 is 9.64 Å². The van der Waals surface area contributed by atoms with Crippen molar-refractivity contribution in [1.29, 1.82) is 0 Å². The molecule has 4 nitrogen and oxygen atoms in total. The van der Waals surface area contributed by atoms with Crippen LogP contribution in [0.3, 0.4) is 0 Å². The molecule has 5 aromatic carbocycles. The maximum absolute atomic E-state index is 6.61. The molecule has 0 bridgehead atoms. The summed E-state index contributed by atoms with van der Waals surface area (Å²) < 4.78 is 6.61. The number of pyridine rings is 2.